The molecule has 0 saturated heterocycles. The molecular weight excluding hydrogens is 484 g/mol. The second kappa shape index (κ2) is 24.6. The molecule has 2 aromatic heterocycles. The molecule has 0 bridgehead atoms. The van der Waals surface area contributed by atoms with Crippen LogP contribution < -0.4 is 9.13 Å². The summed E-state index contributed by atoms with van der Waals surface area (Å²) in [7, 11) is 0. The first-order chi connectivity index (χ1) is 19.8. The molecule has 0 saturated carbocycles. The van der Waals surface area contributed by atoms with Gasteiger partial charge in [-0.05, 0) is 76.3 Å². The highest BCUT2D eigenvalue weighted by molar-refractivity contribution is 5.05. The van der Waals surface area contributed by atoms with E-state index in [1.165, 1.54) is 153 Å². The average molecular weight is 547 g/mol. The minimum Gasteiger partial charge on any atom is -0.205 e. The summed E-state index contributed by atoms with van der Waals surface area (Å²) in [5.74, 6) is 0. The summed E-state index contributed by atoms with van der Waals surface area (Å²) in [6.07, 6.45) is 42.5. The predicted octanol–water partition coefficient (Wildman–Crippen LogP) is 10.2. The van der Waals surface area contributed by atoms with Crippen LogP contribution in [0.2, 0.25) is 0 Å². The van der Waals surface area contributed by atoms with Crippen molar-refractivity contribution in [3.8, 4) is 0 Å². The van der Waals surface area contributed by atoms with Gasteiger partial charge in [-0.15, -0.1) is 13.2 Å². The van der Waals surface area contributed by atoms with Crippen molar-refractivity contribution < 1.29 is 9.13 Å². The van der Waals surface area contributed by atoms with E-state index < -0.39 is 0 Å². The van der Waals surface area contributed by atoms with Crippen molar-refractivity contribution in [1.29, 1.82) is 0 Å². The highest BCUT2D eigenvalue weighted by Gasteiger charge is 2.05. The summed E-state index contributed by atoms with van der Waals surface area (Å²) in [5.41, 5.74) is 3.01. The highest BCUT2D eigenvalue weighted by Crippen LogP contribution is 2.13. The van der Waals surface area contributed by atoms with E-state index >= 15 is 0 Å². The molecule has 2 heteroatoms. The number of aryl methyl sites for hydroxylation is 4. The van der Waals surface area contributed by atoms with Crippen molar-refractivity contribution in [1.82, 2.24) is 0 Å². The normalized spacial score (nSPS) is 11.1. The van der Waals surface area contributed by atoms with Crippen LogP contribution >= 0.6 is 0 Å². The van der Waals surface area contributed by atoms with Gasteiger partial charge in [-0.2, -0.15) is 0 Å². The summed E-state index contributed by atoms with van der Waals surface area (Å²) in [6, 6.07) is 9.08. The second-order valence-corrected chi connectivity index (χ2v) is 11.9. The molecule has 0 aromatic carbocycles. The van der Waals surface area contributed by atoms with Crippen molar-refractivity contribution in [3.05, 3.63) is 85.5 Å². The Balaban J connectivity index is 1.40. The summed E-state index contributed by atoms with van der Waals surface area (Å²) in [6.45, 7) is 9.96. The van der Waals surface area contributed by atoms with Gasteiger partial charge in [-0.25, -0.2) is 9.13 Å². The van der Waals surface area contributed by atoms with Gasteiger partial charge >= 0.3 is 0 Å². The molecule has 0 aliphatic heterocycles. The number of rotatable bonds is 27. The number of hydrogen-bond acceptors (Lipinski definition) is 0. The Labute approximate surface area is 248 Å². The minimum absolute atomic E-state index is 1.16. The Morgan fingerprint density at radius 2 is 0.800 bits per heavy atom. The maximum Gasteiger partial charge on any atom is 0.171 e. The largest absolute Gasteiger partial charge is 0.205 e. The maximum atomic E-state index is 3.81. The van der Waals surface area contributed by atoms with Gasteiger partial charge in [-0.3, -0.25) is 0 Å². The zero-order valence-corrected chi connectivity index (χ0v) is 26.1. The Bertz CT molecular complexity index is 813. The lowest BCUT2D eigenvalue weighted by atomic mass is 10.0. The molecule has 222 valence electrons. The molecule has 0 radical (unpaired) electrons. The molecule has 0 fully saturated rings. The smallest absolute Gasteiger partial charge is 0.171 e. The predicted molar refractivity (Wildman–Crippen MR) is 173 cm³/mol. The first-order valence-corrected chi connectivity index (χ1v) is 17.0. The molecule has 0 atom stereocenters. The van der Waals surface area contributed by atoms with Gasteiger partial charge < -0.3 is 0 Å². The Hall–Kier alpha value is -2.22. The number of allylic oxidation sites excluding steroid dienone is 2. The van der Waals surface area contributed by atoms with Crippen LogP contribution in [0.1, 0.15) is 140 Å². The van der Waals surface area contributed by atoms with E-state index in [0.717, 1.165) is 13.0 Å². The van der Waals surface area contributed by atoms with E-state index in [0.29, 0.717) is 0 Å². The summed E-state index contributed by atoms with van der Waals surface area (Å²) < 4.78 is 4.81. The molecule has 2 aromatic rings. The van der Waals surface area contributed by atoms with Crippen molar-refractivity contribution >= 4 is 0 Å². The zero-order chi connectivity index (χ0) is 28.4. The van der Waals surface area contributed by atoms with E-state index in [2.05, 4.69) is 71.3 Å². The molecule has 0 spiro atoms. The number of hydrogen-bond donors (Lipinski definition) is 0. The van der Waals surface area contributed by atoms with Crippen molar-refractivity contribution in [3.63, 3.8) is 0 Å². The number of nitrogens with zero attached hydrogens (tertiary/aromatic N) is 2. The lowest BCUT2D eigenvalue weighted by Crippen LogP contribution is -2.33. The molecular formula is C38H62N2+2. The van der Waals surface area contributed by atoms with Gasteiger partial charge in [0.15, 0.2) is 24.8 Å². The van der Waals surface area contributed by atoms with Crippen molar-refractivity contribution in [2.24, 2.45) is 0 Å². The molecule has 2 rings (SSSR count). The number of aromatic nitrogens is 2. The third-order valence-electron chi connectivity index (χ3n) is 8.17. The quantitative estimate of drug-likeness (QED) is 0.0598. The molecule has 0 unspecified atom stereocenters. The van der Waals surface area contributed by atoms with E-state index in [4.69, 9.17) is 0 Å². The van der Waals surface area contributed by atoms with Crippen LogP contribution in [0.25, 0.3) is 0 Å². The monoisotopic (exact) mass is 546 g/mol. The van der Waals surface area contributed by atoms with E-state index in [1.54, 1.807) is 0 Å². The number of unbranched alkanes of at least 4 members (excludes halogenated alkanes) is 17. The molecule has 0 aliphatic carbocycles. The van der Waals surface area contributed by atoms with Gasteiger partial charge in [0.2, 0.25) is 0 Å². The summed E-state index contributed by atoms with van der Waals surface area (Å²) in [4.78, 5) is 0. The second-order valence-electron chi connectivity index (χ2n) is 11.9. The third kappa shape index (κ3) is 18.2. The average Bonchev–Trinajstić information content (AvgIpc) is 2.98. The minimum atomic E-state index is 1.16. The van der Waals surface area contributed by atoms with Gasteiger partial charge in [0.1, 0.15) is 13.1 Å². The van der Waals surface area contributed by atoms with Crippen LogP contribution in [-0.2, 0) is 25.9 Å². The fourth-order valence-corrected chi connectivity index (χ4v) is 5.67. The van der Waals surface area contributed by atoms with Crippen LogP contribution in [0.4, 0.5) is 0 Å². The van der Waals surface area contributed by atoms with E-state index in [1.807, 2.05) is 12.2 Å². The third-order valence-corrected chi connectivity index (χ3v) is 8.17. The standard InChI is InChI=1S/C38H62N2/c1-3-5-7-9-17-21-27-37-29-25-34-40(35-37)32-24-20-16-14-12-11-13-15-18-22-28-38-30-26-33-39(36-38)31-23-19-10-8-6-4-2/h3-4,25-26,29-30,33-36H,1-2,5-24,27-28,31-32H2/q+2. The summed E-state index contributed by atoms with van der Waals surface area (Å²) >= 11 is 0. The first kappa shape index (κ1) is 34.0. The van der Waals surface area contributed by atoms with Crippen LogP contribution in [0.3, 0.4) is 0 Å². The van der Waals surface area contributed by atoms with Gasteiger partial charge in [0, 0.05) is 36.1 Å². The summed E-state index contributed by atoms with van der Waals surface area (Å²) in [5, 5.41) is 0. The Morgan fingerprint density at radius 3 is 1.20 bits per heavy atom. The maximum absolute atomic E-state index is 3.81. The molecule has 2 heterocycles. The van der Waals surface area contributed by atoms with Gasteiger partial charge in [0.05, 0.1) is 0 Å². The van der Waals surface area contributed by atoms with Crippen LogP contribution in [0.5, 0.6) is 0 Å². The molecule has 0 amide bonds. The molecule has 0 aliphatic rings. The van der Waals surface area contributed by atoms with Crippen LogP contribution in [0.15, 0.2) is 74.4 Å². The van der Waals surface area contributed by atoms with E-state index in [9.17, 15) is 0 Å². The molecule has 40 heavy (non-hydrogen) atoms. The Morgan fingerprint density at radius 1 is 0.450 bits per heavy atom. The van der Waals surface area contributed by atoms with Crippen LogP contribution in [0, 0.1) is 0 Å². The van der Waals surface area contributed by atoms with Crippen molar-refractivity contribution in [2.45, 2.75) is 154 Å². The zero-order valence-electron chi connectivity index (χ0n) is 26.1. The van der Waals surface area contributed by atoms with Crippen molar-refractivity contribution in [2.75, 3.05) is 0 Å². The lowest BCUT2D eigenvalue weighted by molar-refractivity contribution is -0.697. The van der Waals surface area contributed by atoms with E-state index in [-0.39, 0.29) is 0 Å². The topological polar surface area (TPSA) is 7.76 Å². The fourth-order valence-electron chi connectivity index (χ4n) is 5.67. The van der Waals surface area contributed by atoms with Gasteiger partial charge in [0.25, 0.3) is 0 Å². The Kier molecular flexibility index (Phi) is 20.9. The first-order valence-electron chi connectivity index (χ1n) is 17.0. The molecule has 2 nitrogen and oxygen atoms in total. The molecule has 0 N–H and O–H groups in total. The van der Waals surface area contributed by atoms with Crippen LogP contribution in [-0.4, -0.2) is 0 Å². The van der Waals surface area contributed by atoms with Gasteiger partial charge in [-0.1, -0.05) is 76.4 Å². The SMILES string of the molecule is C=CCCCCCCc1ccc[n+](CCCCCCCCCCCCc2ccc[n+](CCCCCCC=C)c2)c1. The number of pyridine rings is 2. The fraction of sp³-hybridized carbons (Fsp3) is 0.632. The highest BCUT2D eigenvalue weighted by atomic mass is 14.9. The lowest BCUT2D eigenvalue weighted by Gasteiger charge is -2.04.